The van der Waals surface area contributed by atoms with Crippen molar-refractivity contribution < 1.29 is 24.5 Å². The molecule has 1 amide bonds. The van der Waals surface area contributed by atoms with Gasteiger partial charge in [0.1, 0.15) is 11.9 Å². The lowest BCUT2D eigenvalue weighted by atomic mass is 10.0. The second-order valence-electron chi connectivity index (χ2n) is 5.45. The highest BCUT2D eigenvalue weighted by Gasteiger charge is 2.29. The third kappa shape index (κ3) is 5.83. The van der Waals surface area contributed by atoms with Gasteiger partial charge in [0.15, 0.2) is 6.10 Å². The summed E-state index contributed by atoms with van der Waals surface area (Å²) in [5.74, 6) is -0.00755. The van der Waals surface area contributed by atoms with Gasteiger partial charge in [0, 0.05) is 39.4 Å². The number of phenolic OH excluding ortho intramolecular Hbond substituents is 1. The molecule has 2 aromatic carbocycles. The Kier molecular flexibility index (Phi) is 8.14. The van der Waals surface area contributed by atoms with Gasteiger partial charge in [-0.05, 0) is 65.1 Å². The second-order valence-corrected chi connectivity index (χ2v) is 7.61. The van der Waals surface area contributed by atoms with Crippen molar-refractivity contribution >= 4 is 50.3 Å². The van der Waals surface area contributed by atoms with Gasteiger partial charge >= 0.3 is 6.09 Å². The van der Waals surface area contributed by atoms with E-state index in [9.17, 15) is 15.0 Å². The molecular weight excluding hydrogens is 517 g/mol. The summed E-state index contributed by atoms with van der Waals surface area (Å²) in [5, 5.41) is 22.1. The van der Waals surface area contributed by atoms with Crippen LogP contribution in [0.4, 0.5) is 10.5 Å². The fourth-order valence-electron chi connectivity index (χ4n) is 2.41. The van der Waals surface area contributed by atoms with E-state index < -0.39 is 18.3 Å². The molecule has 0 spiro atoms. The molecule has 0 heterocycles. The van der Waals surface area contributed by atoms with E-state index in [1.54, 1.807) is 36.4 Å². The molecule has 0 aliphatic heterocycles. The van der Waals surface area contributed by atoms with Crippen LogP contribution in [-0.2, 0) is 9.47 Å². The number of aliphatic hydroxyl groups is 1. The van der Waals surface area contributed by atoms with Gasteiger partial charge in [0.05, 0.1) is 0 Å². The molecule has 2 rings (SSSR count). The number of amides is 1. The van der Waals surface area contributed by atoms with Crippen LogP contribution in [-0.4, -0.2) is 36.1 Å². The number of halogens is 2. The molecule has 2 aromatic rings. The van der Waals surface area contributed by atoms with Crippen molar-refractivity contribution in [2.45, 2.75) is 18.6 Å². The number of hydrogen-bond acceptors (Lipinski definition) is 5. The predicted molar refractivity (Wildman–Crippen MR) is 110 cm³/mol. The molecule has 26 heavy (non-hydrogen) atoms. The highest BCUT2D eigenvalue weighted by atomic mass is 127. The zero-order chi connectivity index (χ0) is 19.1. The minimum absolute atomic E-state index is 0.00755. The van der Waals surface area contributed by atoms with Crippen molar-refractivity contribution in [3.05, 3.63) is 56.1 Å². The van der Waals surface area contributed by atoms with Crippen molar-refractivity contribution in [2.75, 3.05) is 19.0 Å². The molecule has 140 valence electrons. The average molecular weight is 536 g/mol. The Morgan fingerprint density at radius 2 is 1.96 bits per heavy atom. The van der Waals surface area contributed by atoms with Crippen LogP contribution in [0.1, 0.15) is 18.1 Å². The molecule has 0 fully saturated rings. The van der Waals surface area contributed by atoms with E-state index in [-0.39, 0.29) is 18.8 Å². The van der Waals surface area contributed by atoms with Gasteiger partial charge in [-0.1, -0.05) is 15.9 Å². The van der Waals surface area contributed by atoms with Crippen molar-refractivity contribution in [3.8, 4) is 5.75 Å². The highest BCUT2D eigenvalue weighted by Crippen LogP contribution is 2.33. The standard InChI is InChI=1S/C18H19BrINO5/c1-25-16(8-9-22)17(14-10-12(20)4-7-15(14)23)26-18(24)21-13-5-2-11(19)3-6-13/h2-7,10,16-17,22-23H,8-9H2,1H3,(H,21,24)/t16-,17-/m1/s1. The number of hydrogen-bond donors (Lipinski definition) is 3. The van der Waals surface area contributed by atoms with Crippen LogP contribution in [0.3, 0.4) is 0 Å². The largest absolute Gasteiger partial charge is 0.508 e. The van der Waals surface area contributed by atoms with Crippen LogP contribution in [0, 0.1) is 3.57 Å². The predicted octanol–water partition coefficient (Wildman–Crippen LogP) is 4.45. The summed E-state index contributed by atoms with van der Waals surface area (Å²) in [6, 6.07) is 12.0. The number of ether oxygens (including phenoxy) is 2. The minimum atomic E-state index is -0.877. The van der Waals surface area contributed by atoms with Crippen LogP contribution in [0.2, 0.25) is 0 Å². The molecule has 8 heteroatoms. The monoisotopic (exact) mass is 535 g/mol. The Bertz CT molecular complexity index is 741. The zero-order valence-electron chi connectivity index (χ0n) is 14.0. The summed E-state index contributed by atoms with van der Waals surface area (Å²) < 4.78 is 12.7. The maximum absolute atomic E-state index is 12.4. The van der Waals surface area contributed by atoms with Crippen molar-refractivity contribution in [3.63, 3.8) is 0 Å². The number of methoxy groups -OCH3 is 1. The lowest BCUT2D eigenvalue weighted by molar-refractivity contribution is -0.0314. The van der Waals surface area contributed by atoms with Crippen LogP contribution < -0.4 is 5.32 Å². The Morgan fingerprint density at radius 1 is 1.27 bits per heavy atom. The van der Waals surface area contributed by atoms with E-state index in [1.165, 1.54) is 13.2 Å². The Balaban J connectivity index is 2.24. The highest BCUT2D eigenvalue weighted by molar-refractivity contribution is 14.1. The van der Waals surface area contributed by atoms with Crippen LogP contribution in [0.25, 0.3) is 0 Å². The molecule has 2 atom stereocenters. The van der Waals surface area contributed by atoms with E-state index in [0.717, 1.165) is 8.04 Å². The summed E-state index contributed by atoms with van der Waals surface area (Å²) in [4.78, 5) is 12.4. The maximum atomic E-state index is 12.4. The topological polar surface area (TPSA) is 88.0 Å². The van der Waals surface area contributed by atoms with E-state index in [2.05, 4.69) is 43.8 Å². The number of rotatable bonds is 7. The zero-order valence-corrected chi connectivity index (χ0v) is 17.7. The number of benzene rings is 2. The van der Waals surface area contributed by atoms with E-state index in [0.29, 0.717) is 11.3 Å². The summed E-state index contributed by atoms with van der Waals surface area (Å²) >= 11 is 5.44. The quantitative estimate of drug-likeness (QED) is 0.456. The van der Waals surface area contributed by atoms with Crippen LogP contribution in [0.5, 0.6) is 5.75 Å². The molecule has 0 radical (unpaired) electrons. The molecular formula is C18H19BrINO5. The van der Waals surface area contributed by atoms with Gasteiger partial charge in [-0.3, -0.25) is 5.32 Å². The molecule has 0 aliphatic rings. The summed E-state index contributed by atoms with van der Waals surface area (Å²) in [5.41, 5.74) is 0.989. The van der Waals surface area contributed by atoms with Crippen molar-refractivity contribution in [1.82, 2.24) is 0 Å². The third-order valence-corrected chi connectivity index (χ3v) is 4.87. The van der Waals surface area contributed by atoms with Crippen LogP contribution >= 0.6 is 38.5 Å². The normalized spacial score (nSPS) is 13.1. The fourth-order valence-corrected chi connectivity index (χ4v) is 3.19. The second kappa shape index (κ2) is 10.1. The molecule has 0 aliphatic carbocycles. The van der Waals surface area contributed by atoms with Gasteiger partial charge in [0.2, 0.25) is 0 Å². The number of nitrogens with one attached hydrogen (secondary N) is 1. The van der Waals surface area contributed by atoms with Crippen molar-refractivity contribution in [2.24, 2.45) is 0 Å². The molecule has 0 saturated heterocycles. The molecule has 0 bridgehead atoms. The number of carbonyl (C=O) groups is 1. The number of carbonyl (C=O) groups excluding carboxylic acids is 1. The lowest BCUT2D eigenvalue weighted by Gasteiger charge is -2.26. The molecule has 0 aromatic heterocycles. The molecule has 3 N–H and O–H groups in total. The van der Waals surface area contributed by atoms with Gasteiger partial charge in [-0.15, -0.1) is 0 Å². The van der Waals surface area contributed by atoms with Gasteiger partial charge in [-0.2, -0.15) is 0 Å². The Hall–Kier alpha value is -1.36. The third-order valence-electron chi connectivity index (χ3n) is 3.67. The first-order valence-electron chi connectivity index (χ1n) is 7.80. The fraction of sp³-hybridized carbons (Fsp3) is 0.278. The maximum Gasteiger partial charge on any atom is 0.412 e. The van der Waals surface area contributed by atoms with E-state index in [1.807, 2.05) is 0 Å². The first kappa shape index (κ1) is 20.9. The van der Waals surface area contributed by atoms with Gasteiger partial charge in [-0.25, -0.2) is 4.79 Å². The Labute approximate surface area is 173 Å². The van der Waals surface area contributed by atoms with E-state index in [4.69, 9.17) is 9.47 Å². The SMILES string of the molecule is CO[C@H](CCO)[C@H](OC(=O)Nc1ccc(Br)cc1)c1cc(I)ccc1O. The van der Waals surface area contributed by atoms with Crippen LogP contribution in [0.15, 0.2) is 46.9 Å². The molecule has 0 unspecified atom stereocenters. The first-order chi connectivity index (χ1) is 12.4. The average Bonchev–Trinajstić information content (AvgIpc) is 2.62. The minimum Gasteiger partial charge on any atom is -0.508 e. The summed E-state index contributed by atoms with van der Waals surface area (Å²) in [6.45, 7) is -0.141. The number of aliphatic hydroxyl groups excluding tert-OH is 1. The summed E-state index contributed by atoms with van der Waals surface area (Å²) in [6.07, 6.45) is -1.93. The number of aromatic hydroxyl groups is 1. The lowest BCUT2D eigenvalue weighted by Crippen LogP contribution is -2.29. The smallest absolute Gasteiger partial charge is 0.412 e. The van der Waals surface area contributed by atoms with E-state index >= 15 is 0 Å². The van der Waals surface area contributed by atoms with Gasteiger partial charge in [0.25, 0.3) is 0 Å². The first-order valence-corrected chi connectivity index (χ1v) is 9.67. The number of phenols is 1. The summed E-state index contributed by atoms with van der Waals surface area (Å²) in [7, 11) is 1.47. The Morgan fingerprint density at radius 3 is 2.58 bits per heavy atom. The van der Waals surface area contributed by atoms with Crippen molar-refractivity contribution in [1.29, 1.82) is 0 Å². The molecule has 6 nitrogen and oxygen atoms in total. The number of anilines is 1. The molecule has 0 saturated carbocycles. The van der Waals surface area contributed by atoms with Gasteiger partial charge < -0.3 is 19.7 Å².